The zero-order chi connectivity index (χ0) is 35.6. The molecule has 0 amide bonds. The van der Waals surface area contributed by atoms with Gasteiger partial charge in [-0.15, -0.1) is 0 Å². The molecule has 0 saturated heterocycles. The van der Waals surface area contributed by atoms with Gasteiger partial charge in [0.1, 0.15) is 0 Å². The Hall–Kier alpha value is -5.06. The summed E-state index contributed by atoms with van der Waals surface area (Å²) in [5, 5.41) is 27.6. The van der Waals surface area contributed by atoms with Crippen LogP contribution in [-0.4, -0.2) is 11.1 Å². The van der Waals surface area contributed by atoms with Gasteiger partial charge in [-0.25, -0.2) is 0 Å². The van der Waals surface area contributed by atoms with Crippen LogP contribution in [0.5, 0.6) is 0 Å². The van der Waals surface area contributed by atoms with Crippen LogP contribution in [0.2, 0.25) is 0 Å². The summed E-state index contributed by atoms with van der Waals surface area (Å²) < 4.78 is 0. The molecule has 4 atom stereocenters. The van der Waals surface area contributed by atoms with E-state index in [9.17, 15) is 10.5 Å². The third-order valence-electron chi connectivity index (χ3n) is 15.0. The van der Waals surface area contributed by atoms with Gasteiger partial charge in [-0.3, -0.25) is 0 Å². The number of rotatable bonds is 2. The van der Waals surface area contributed by atoms with Gasteiger partial charge in [0.2, 0.25) is 0 Å². The van der Waals surface area contributed by atoms with Gasteiger partial charge in [-0.1, -0.05) is 75.9 Å². The second-order valence-electron chi connectivity index (χ2n) is 17.6. The molecule has 6 aromatic rings. The molecule has 4 aliphatic rings. The van der Waals surface area contributed by atoms with E-state index in [0.717, 1.165) is 36.8 Å². The van der Waals surface area contributed by atoms with Gasteiger partial charge >= 0.3 is 0 Å². The summed E-state index contributed by atoms with van der Waals surface area (Å²) in [4.78, 5) is 5.39. The first-order valence-corrected chi connectivity index (χ1v) is 19.5. The van der Waals surface area contributed by atoms with E-state index >= 15 is 0 Å². The Morgan fingerprint density at radius 3 is 1.29 bits per heavy atom. The molecule has 6 aromatic carbocycles. The van der Waals surface area contributed by atoms with E-state index in [-0.39, 0.29) is 21.9 Å². The molecule has 0 N–H and O–H groups in total. The second-order valence-corrected chi connectivity index (χ2v) is 17.6. The van der Waals surface area contributed by atoms with Crippen molar-refractivity contribution in [1.82, 2.24) is 0 Å². The van der Waals surface area contributed by atoms with Gasteiger partial charge in [0.05, 0.1) is 23.3 Å². The Bertz CT molecular complexity index is 2380. The Labute approximate surface area is 307 Å². The maximum Gasteiger partial charge on any atom is 0.0991 e. The Balaban J connectivity index is 1.24. The Kier molecular flexibility index (Phi) is 6.54. The Morgan fingerprint density at radius 2 is 0.865 bits per heavy atom. The third-order valence-corrected chi connectivity index (χ3v) is 15.0. The SMILES string of the molecule is CC12CCCCC1(C)N(c1ccc3ccc4c(N5c6ccc(C#N)cc6CC6(C)CCCCC56C)ccc5ccc1c3c54)c1ccc(C#N)cc1C2. The quantitative estimate of drug-likeness (QED) is 0.171. The molecule has 2 heterocycles. The lowest BCUT2D eigenvalue weighted by molar-refractivity contribution is 0.0864. The fourth-order valence-corrected chi connectivity index (χ4v) is 11.8. The number of fused-ring (bicyclic) bond motifs is 4. The van der Waals surface area contributed by atoms with Crippen LogP contribution in [-0.2, 0) is 12.8 Å². The average Bonchev–Trinajstić information content (AvgIpc) is 3.15. The first-order chi connectivity index (χ1) is 25.1. The molecule has 2 aliphatic carbocycles. The van der Waals surface area contributed by atoms with E-state index in [1.165, 1.54) is 105 Å². The number of anilines is 4. The molecule has 0 radical (unpaired) electrons. The summed E-state index contributed by atoms with van der Waals surface area (Å²) in [5.41, 5.74) is 9.21. The summed E-state index contributed by atoms with van der Waals surface area (Å²) in [6, 6.07) is 36.5. The van der Waals surface area contributed by atoms with E-state index in [1.807, 2.05) is 12.1 Å². The number of nitrogens with zero attached hydrogens (tertiary/aromatic N) is 4. The summed E-state index contributed by atoms with van der Waals surface area (Å²) in [5.74, 6) is 0. The van der Waals surface area contributed by atoms with Crippen molar-refractivity contribution < 1.29 is 0 Å². The van der Waals surface area contributed by atoms with Crippen LogP contribution in [0.3, 0.4) is 0 Å². The molecule has 2 saturated carbocycles. The van der Waals surface area contributed by atoms with Gasteiger partial charge in [-0.05, 0) is 144 Å². The molecule has 2 aliphatic heterocycles. The topological polar surface area (TPSA) is 54.1 Å². The summed E-state index contributed by atoms with van der Waals surface area (Å²) in [7, 11) is 0. The van der Waals surface area contributed by atoms with Crippen LogP contribution in [0, 0.1) is 33.5 Å². The summed E-state index contributed by atoms with van der Waals surface area (Å²) in [6.45, 7) is 10.0. The maximum atomic E-state index is 9.88. The van der Waals surface area contributed by atoms with Crippen molar-refractivity contribution in [2.75, 3.05) is 9.80 Å². The average molecular weight is 679 g/mol. The molecular formula is C48H46N4. The zero-order valence-corrected chi connectivity index (χ0v) is 30.9. The highest BCUT2D eigenvalue weighted by atomic mass is 15.2. The maximum absolute atomic E-state index is 9.88. The normalized spacial score (nSPS) is 28.2. The van der Waals surface area contributed by atoms with Gasteiger partial charge < -0.3 is 9.80 Å². The number of hydrogen-bond acceptors (Lipinski definition) is 4. The van der Waals surface area contributed by atoms with Crippen LogP contribution >= 0.6 is 0 Å². The lowest BCUT2D eigenvalue weighted by atomic mass is 9.57. The summed E-state index contributed by atoms with van der Waals surface area (Å²) >= 11 is 0. The minimum atomic E-state index is -0.0553. The van der Waals surface area contributed by atoms with Crippen LogP contribution in [0.25, 0.3) is 32.3 Å². The standard InChI is InChI=1S/C48H46N4/c1-45-21-5-7-23-47(45,3)51(39-17-9-31(29-49)25-35(39)27-45)41-19-13-33-12-16-38-42(20-14-34-11-15-37(41)43(33)44(34)38)52-40-18-10-32(30-50)26-36(40)28-46(2)22-6-8-24-48(46,52)4/h9-20,25-26H,5-8,21-24,27-28H2,1-4H3. The monoisotopic (exact) mass is 678 g/mol. The highest BCUT2D eigenvalue weighted by molar-refractivity contribution is 6.27. The fourth-order valence-electron chi connectivity index (χ4n) is 11.8. The lowest BCUT2D eigenvalue weighted by Crippen LogP contribution is -2.60. The van der Waals surface area contributed by atoms with Crippen molar-refractivity contribution in [3.05, 3.63) is 107 Å². The minimum Gasteiger partial charge on any atom is -0.334 e. The molecule has 0 aromatic heterocycles. The predicted octanol–water partition coefficient (Wildman–Crippen LogP) is 12.4. The van der Waals surface area contributed by atoms with E-state index in [4.69, 9.17) is 0 Å². The van der Waals surface area contributed by atoms with Crippen molar-refractivity contribution >= 4 is 55.1 Å². The third kappa shape index (κ3) is 4.02. The first-order valence-electron chi connectivity index (χ1n) is 19.5. The molecule has 0 bridgehead atoms. The highest BCUT2D eigenvalue weighted by Gasteiger charge is 2.55. The van der Waals surface area contributed by atoms with Crippen molar-refractivity contribution in [2.24, 2.45) is 10.8 Å². The predicted molar refractivity (Wildman–Crippen MR) is 214 cm³/mol. The molecule has 52 heavy (non-hydrogen) atoms. The van der Waals surface area contributed by atoms with E-state index in [2.05, 4.69) is 122 Å². The van der Waals surface area contributed by atoms with E-state index < -0.39 is 0 Å². The van der Waals surface area contributed by atoms with Crippen LogP contribution in [0.4, 0.5) is 22.7 Å². The molecule has 0 spiro atoms. The number of benzene rings is 6. The molecule has 4 heteroatoms. The Morgan fingerprint density at radius 1 is 0.481 bits per heavy atom. The van der Waals surface area contributed by atoms with Gasteiger partial charge in [0, 0.05) is 44.6 Å². The van der Waals surface area contributed by atoms with Crippen LogP contribution < -0.4 is 9.80 Å². The molecule has 4 unspecified atom stereocenters. The van der Waals surface area contributed by atoms with Crippen molar-refractivity contribution in [3.8, 4) is 12.1 Å². The molecule has 4 nitrogen and oxygen atoms in total. The van der Waals surface area contributed by atoms with Crippen molar-refractivity contribution in [3.63, 3.8) is 0 Å². The molecule has 10 rings (SSSR count). The molecule has 2 fully saturated rings. The van der Waals surface area contributed by atoms with Crippen molar-refractivity contribution in [2.45, 2.75) is 103 Å². The van der Waals surface area contributed by atoms with Crippen LogP contribution in [0.15, 0.2) is 84.9 Å². The lowest BCUT2D eigenvalue weighted by Gasteiger charge is -2.60. The fraction of sp³-hybridized carbons (Fsp3) is 0.375. The largest absolute Gasteiger partial charge is 0.334 e. The highest BCUT2D eigenvalue weighted by Crippen LogP contribution is 2.61. The van der Waals surface area contributed by atoms with Gasteiger partial charge in [-0.2, -0.15) is 10.5 Å². The number of nitriles is 2. The minimum absolute atomic E-state index is 0.0553. The van der Waals surface area contributed by atoms with Gasteiger partial charge in [0.25, 0.3) is 0 Å². The van der Waals surface area contributed by atoms with E-state index in [0.29, 0.717) is 0 Å². The van der Waals surface area contributed by atoms with Crippen LogP contribution in [0.1, 0.15) is 101 Å². The number of hydrogen-bond donors (Lipinski definition) is 0. The van der Waals surface area contributed by atoms with E-state index in [1.54, 1.807) is 0 Å². The molecule has 258 valence electrons. The second kappa shape index (κ2) is 10.7. The van der Waals surface area contributed by atoms with Crippen molar-refractivity contribution in [1.29, 1.82) is 10.5 Å². The zero-order valence-electron chi connectivity index (χ0n) is 30.9. The summed E-state index contributed by atoms with van der Waals surface area (Å²) in [6.07, 6.45) is 11.7. The van der Waals surface area contributed by atoms with Gasteiger partial charge in [0.15, 0.2) is 0 Å². The smallest absolute Gasteiger partial charge is 0.0991 e. The first kappa shape index (κ1) is 31.7. The molecular weight excluding hydrogens is 633 g/mol.